The minimum Gasteiger partial charge on any atom is -0.394 e. The number of hydrogen-bond acceptors (Lipinski definition) is 3. The number of allylic oxidation sites excluding steroid dienone is 1. The second kappa shape index (κ2) is 16.8. The molecule has 26 heavy (non-hydrogen) atoms. The second-order valence-electron chi connectivity index (χ2n) is 8.78. The zero-order valence-corrected chi connectivity index (χ0v) is 18.2. The van der Waals surface area contributed by atoms with Gasteiger partial charge in [0.1, 0.15) is 6.10 Å². The molecule has 0 aliphatic rings. The molecular formula is C23H46O3. The summed E-state index contributed by atoms with van der Waals surface area (Å²) in [5.41, 5.74) is 1.36. The van der Waals surface area contributed by atoms with Crippen LogP contribution in [0.4, 0.5) is 0 Å². The standard InChI is InChI=1S/C23H46O3/c1-19(2)9-6-10-20(3)11-7-12-21(4)13-8-14-22(5)15-16-26-18-23(25)17-24/h15,19-21,23-25H,6-14,16-18H2,1-5H3. The van der Waals surface area contributed by atoms with Crippen molar-refractivity contribution in [3.63, 3.8) is 0 Å². The lowest BCUT2D eigenvalue weighted by atomic mass is 9.91. The first-order chi connectivity index (χ1) is 12.3. The molecule has 3 nitrogen and oxygen atoms in total. The van der Waals surface area contributed by atoms with Crippen LogP contribution in [0.15, 0.2) is 11.6 Å². The van der Waals surface area contributed by atoms with Gasteiger partial charge in [0, 0.05) is 0 Å². The monoisotopic (exact) mass is 370 g/mol. The van der Waals surface area contributed by atoms with Crippen LogP contribution in [-0.2, 0) is 4.74 Å². The van der Waals surface area contributed by atoms with E-state index in [4.69, 9.17) is 9.84 Å². The van der Waals surface area contributed by atoms with Gasteiger partial charge < -0.3 is 14.9 Å². The van der Waals surface area contributed by atoms with Crippen LogP contribution >= 0.6 is 0 Å². The molecule has 0 heterocycles. The maximum Gasteiger partial charge on any atom is 0.100 e. The average molecular weight is 371 g/mol. The summed E-state index contributed by atoms with van der Waals surface area (Å²) in [7, 11) is 0. The second-order valence-corrected chi connectivity index (χ2v) is 8.78. The predicted octanol–water partition coefficient (Wildman–Crippen LogP) is 5.74. The topological polar surface area (TPSA) is 49.7 Å². The fraction of sp³-hybridized carbons (Fsp3) is 0.913. The highest BCUT2D eigenvalue weighted by molar-refractivity contribution is 4.97. The summed E-state index contributed by atoms with van der Waals surface area (Å²) in [5.74, 6) is 2.55. The molecule has 3 heteroatoms. The van der Waals surface area contributed by atoms with Gasteiger partial charge >= 0.3 is 0 Å². The number of aliphatic hydroxyl groups is 2. The van der Waals surface area contributed by atoms with Crippen molar-refractivity contribution >= 4 is 0 Å². The third kappa shape index (κ3) is 17.1. The van der Waals surface area contributed by atoms with Crippen molar-refractivity contribution in [2.75, 3.05) is 19.8 Å². The maximum atomic E-state index is 9.20. The van der Waals surface area contributed by atoms with E-state index in [1.807, 2.05) is 0 Å². The van der Waals surface area contributed by atoms with Crippen molar-refractivity contribution in [2.24, 2.45) is 17.8 Å². The molecule has 0 aliphatic heterocycles. The van der Waals surface area contributed by atoms with Crippen molar-refractivity contribution in [3.8, 4) is 0 Å². The van der Waals surface area contributed by atoms with E-state index in [0.29, 0.717) is 6.61 Å². The fourth-order valence-corrected chi connectivity index (χ4v) is 3.27. The van der Waals surface area contributed by atoms with Crippen LogP contribution in [0.1, 0.15) is 92.4 Å². The zero-order valence-electron chi connectivity index (χ0n) is 18.2. The summed E-state index contributed by atoms with van der Waals surface area (Å²) in [5, 5.41) is 17.9. The quantitative estimate of drug-likeness (QED) is 0.253. The van der Waals surface area contributed by atoms with Crippen LogP contribution in [-0.4, -0.2) is 36.1 Å². The third-order valence-corrected chi connectivity index (χ3v) is 5.21. The molecular weight excluding hydrogens is 324 g/mol. The van der Waals surface area contributed by atoms with Gasteiger partial charge in [-0.25, -0.2) is 0 Å². The zero-order chi connectivity index (χ0) is 19.8. The van der Waals surface area contributed by atoms with E-state index in [0.717, 1.165) is 24.2 Å². The van der Waals surface area contributed by atoms with Crippen LogP contribution < -0.4 is 0 Å². The number of aliphatic hydroxyl groups excluding tert-OH is 2. The van der Waals surface area contributed by atoms with E-state index in [1.165, 1.54) is 56.9 Å². The maximum absolute atomic E-state index is 9.20. The smallest absolute Gasteiger partial charge is 0.100 e. The van der Waals surface area contributed by atoms with Crippen LogP contribution in [0, 0.1) is 17.8 Å². The molecule has 0 bridgehead atoms. The lowest BCUT2D eigenvalue weighted by molar-refractivity contribution is 0.0148. The molecule has 0 rings (SSSR count). The number of rotatable bonds is 17. The summed E-state index contributed by atoms with van der Waals surface area (Å²) >= 11 is 0. The van der Waals surface area contributed by atoms with Gasteiger partial charge in [0.25, 0.3) is 0 Å². The van der Waals surface area contributed by atoms with Gasteiger partial charge in [0.2, 0.25) is 0 Å². The largest absolute Gasteiger partial charge is 0.394 e. The Morgan fingerprint density at radius 3 is 1.96 bits per heavy atom. The SMILES string of the molecule is CC(=CCOCC(O)CO)CCCC(C)CCCC(C)CCCC(C)C. The van der Waals surface area contributed by atoms with Gasteiger partial charge in [-0.15, -0.1) is 0 Å². The molecule has 0 saturated carbocycles. The van der Waals surface area contributed by atoms with Gasteiger partial charge in [0.15, 0.2) is 0 Å². The first-order valence-corrected chi connectivity index (χ1v) is 10.9. The van der Waals surface area contributed by atoms with Crippen LogP contribution in [0.3, 0.4) is 0 Å². The Morgan fingerprint density at radius 2 is 1.42 bits per heavy atom. The van der Waals surface area contributed by atoms with Gasteiger partial charge in [-0.2, -0.15) is 0 Å². The summed E-state index contributed by atoms with van der Waals surface area (Å²) in [6, 6.07) is 0. The van der Waals surface area contributed by atoms with Crippen molar-refractivity contribution in [2.45, 2.75) is 98.5 Å². The number of hydrogen-bond donors (Lipinski definition) is 2. The minimum absolute atomic E-state index is 0.202. The highest BCUT2D eigenvalue weighted by Crippen LogP contribution is 2.22. The van der Waals surface area contributed by atoms with E-state index in [2.05, 4.69) is 40.7 Å². The molecule has 0 aromatic carbocycles. The molecule has 0 aromatic rings. The first kappa shape index (κ1) is 25.6. The summed E-state index contributed by atoms with van der Waals surface area (Å²) in [6.45, 7) is 12.1. The van der Waals surface area contributed by atoms with Crippen LogP contribution in [0.5, 0.6) is 0 Å². The van der Waals surface area contributed by atoms with E-state index < -0.39 is 6.10 Å². The number of ether oxygens (including phenoxy) is 1. The Kier molecular flexibility index (Phi) is 16.5. The molecule has 0 amide bonds. The molecule has 0 radical (unpaired) electrons. The minimum atomic E-state index is -0.762. The molecule has 0 aromatic heterocycles. The Labute approximate surface area is 163 Å². The summed E-state index contributed by atoms with van der Waals surface area (Å²) in [4.78, 5) is 0. The molecule has 0 aliphatic carbocycles. The Hall–Kier alpha value is -0.380. The van der Waals surface area contributed by atoms with Gasteiger partial charge in [-0.05, 0) is 37.5 Å². The lowest BCUT2D eigenvalue weighted by Crippen LogP contribution is -2.19. The highest BCUT2D eigenvalue weighted by Gasteiger charge is 2.07. The molecule has 0 saturated heterocycles. The van der Waals surface area contributed by atoms with Crippen molar-refractivity contribution < 1.29 is 14.9 Å². The summed E-state index contributed by atoms with van der Waals surface area (Å²) in [6.07, 6.45) is 13.3. The van der Waals surface area contributed by atoms with Crippen molar-refractivity contribution in [1.82, 2.24) is 0 Å². The van der Waals surface area contributed by atoms with Crippen molar-refractivity contribution in [1.29, 1.82) is 0 Å². The van der Waals surface area contributed by atoms with Crippen molar-refractivity contribution in [3.05, 3.63) is 11.6 Å². The molecule has 156 valence electrons. The van der Waals surface area contributed by atoms with E-state index in [9.17, 15) is 5.11 Å². The van der Waals surface area contributed by atoms with E-state index >= 15 is 0 Å². The molecule has 2 N–H and O–H groups in total. The fourth-order valence-electron chi connectivity index (χ4n) is 3.27. The molecule has 3 unspecified atom stereocenters. The highest BCUT2D eigenvalue weighted by atomic mass is 16.5. The third-order valence-electron chi connectivity index (χ3n) is 5.21. The Morgan fingerprint density at radius 1 is 0.885 bits per heavy atom. The average Bonchev–Trinajstić information content (AvgIpc) is 2.58. The molecule has 0 spiro atoms. The van der Waals surface area contributed by atoms with E-state index in [1.54, 1.807) is 0 Å². The molecule has 0 fully saturated rings. The normalized spacial score (nSPS) is 16.1. The lowest BCUT2D eigenvalue weighted by Gasteiger charge is -2.15. The van der Waals surface area contributed by atoms with Gasteiger partial charge in [-0.1, -0.05) is 84.3 Å². The predicted molar refractivity (Wildman–Crippen MR) is 112 cm³/mol. The van der Waals surface area contributed by atoms with Crippen LogP contribution in [0.25, 0.3) is 0 Å². The molecule has 3 atom stereocenters. The van der Waals surface area contributed by atoms with Crippen LogP contribution in [0.2, 0.25) is 0 Å². The first-order valence-electron chi connectivity index (χ1n) is 10.9. The van der Waals surface area contributed by atoms with Gasteiger partial charge in [0.05, 0.1) is 19.8 Å². The Bertz CT molecular complexity index is 338. The van der Waals surface area contributed by atoms with E-state index in [-0.39, 0.29) is 13.2 Å². The Balaban J connectivity index is 3.62. The van der Waals surface area contributed by atoms with Gasteiger partial charge in [-0.3, -0.25) is 0 Å². The summed E-state index contributed by atoms with van der Waals surface area (Å²) < 4.78 is 5.31.